The molecule has 5 atom stereocenters. The third kappa shape index (κ3) is 53.5. The summed E-state index contributed by atoms with van der Waals surface area (Å²) >= 11 is 0. The molecule has 0 aliphatic heterocycles. The van der Waals surface area contributed by atoms with Gasteiger partial charge in [-0.25, -0.2) is 4.98 Å². The van der Waals surface area contributed by atoms with Crippen molar-refractivity contribution < 1.29 is 144 Å². The molecule has 50 heteroatoms. The Labute approximate surface area is 841 Å². The summed E-state index contributed by atoms with van der Waals surface area (Å²) in [6.07, 6.45) is 1.50. The molecule has 0 aliphatic rings. The standard InChI is InChI=1S/C96H132N20O30/c97-77(94(130)131)58-67(92(126)127)4-1-8-83(120)106-69-14-22-73(23-15-69)113-115-75-26-18-71(19-27-75)108-86(123)61-102-82(119)31-30-79(90(125)103-62-87(124)109-72-20-28-76(29-21-72)116-114-74-24-16-70(17-25-74)107-84(121)9-2-5-68(93(128)129)59-78(98)95(132)133)110-85(122)32-34-134-36-38-136-40-42-138-44-46-140-48-50-142-52-54-144-56-57-145-55-53-143-51-49-141-47-45-139-43-41-137-39-37-135-35-33-100-80(117)6-3-7-81(118)101-60-65-10-12-66(13-11-65)63-146-91-88-89(105-64-104-88)111-96(99)112-91/h10-29,64,67-68,77-79H,1-9,30-63,97-98H2,(H,100,117)(H,101,118)(H,102,119)(H,103,125)(H,106,120)(H,107,121)(H,108,123)(H,109,124)(H,110,122)(H,126,127)(H,128,129)(H,130,131)(H,132,133)(H3,99,104,105,111,112)/b115-113+,116-114+/t67-,68-,77-,78-,79+/m0/s1. The average molecular weight is 2050 g/mol. The molecule has 0 bridgehead atoms. The normalized spacial score (nSPS) is 12.3. The molecule has 0 fully saturated rings. The molecule has 9 amide bonds. The molecular weight excluding hydrogens is 1910 g/mol. The van der Waals surface area contributed by atoms with Gasteiger partial charge in [-0.2, -0.15) is 30.4 Å². The minimum absolute atomic E-state index is 0.0110. The number of azo groups is 2. The van der Waals surface area contributed by atoms with Crippen LogP contribution >= 0.6 is 0 Å². The van der Waals surface area contributed by atoms with Crippen molar-refractivity contribution in [1.29, 1.82) is 0 Å². The molecule has 0 saturated carbocycles. The summed E-state index contributed by atoms with van der Waals surface area (Å²) < 4.78 is 72.4. The van der Waals surface area contributed by atoms with E-state index in [0.717, 1.165) is 11.1 Å². The molecule has 0 aliphatic carbocycles. The number of benzene rings is 5. The van der Waals surface area contributed by atoms with Crippen molar-refractivity contribution in [2.45, 2.75) is 121 Å². The number of nitrogens with one attached hydrogen (secondary N) is 10. The van der Waals surface area contributed by atoms with Crippen LogP contribution in [0.2, 0.25) is 0 Å². The maximum Gasteiger partial charge on any atom is 0.320 e. The van der Waals surface area contributed by atoms with Crippen LogP contribution in [0.1, 0.15) is 101 Å². The van der Waals surface area contributed by atoms with Gasteiger partial charge in [0.05, 0.1) is 213 Å². The number of carbonyl (C=O) groups is 13. The number of carboxylic acid groups (broad SMARTS) is 4. The zero-order valence-corrected chi connectivity index (χ0v) is 81.2. The van der Waals surface area contributed by atoms with Crippen LogP contribution in [-0.4, -0.2) is 314 Å². The van der Waals surface area contributed by atoms with E-state index in [1.54, 1.807) is 97.1 Å². The molecule has 2 aromatic heterocycles. The number of nitrogens with zero attached hydrogens (tertiary/aromatic N) is 7. The lowest BCUT2D eigenvalue weighted by Gasteiger charge is -2.18. The van der Waals surface area contributed by atoms with E-state index in [1.807, 2.05) is 24.3 Å². The van der Waals surface area contributed by atoms with Gasteiger partial charge in [-0.1, -0.05) is 24.3 Å². The van der Waals surface area contributed by atoms with Crippen LogP contribution in [0.4, 0.5) is 51.4 Å². The number of anilines is 5. The zero-order valence-electron chi connectivity index (χ0n) is 81.2. The summed E-state index contributed by atoms with van der Waals surface area (Å²) in [5.41, 5.74) is 22.8. The van der Waals surface area contributed by atoms with Gasteiger partial charge < -0.3 is 152 Å². The number of hydrogen-bond acceptors (Lipinski definition) is 36. The van der Waals surface area contributed by atoms with Crippen molar-refractivity contribution in [1.82, 2.24) is 46.5 Å². The first-order valence-electron chi connectivity index (χ1n) is 47.5. The number of nitrogens with two attached hydrogens (primary N) is 3. The Kier molecular flexibility index (Phi) is 58.2. The number of fused-ring (bicyclic) bond motifs is 1. The molecule has 796 valence electrons. The quantitative estimate of drug-likeness (QED) is 0.0157. The fourth-order valence-electron chi connectivity index (χ4n) is 13.0. The average Bonchev–Trinajstić information content (AvgIpc) is 1.67. The second-order valence-corrected chi connectivity index (χ2v) is 32.3. The first-order chi connectivity index (χ1) is 70.7. The third-order valence-electron chi connectivity index (χ3n) is 20.8. The fourth-order valence-corrected chi connectivity index (χ4v) is 13.0. The van der Waals surface area contributed by atoms with E-state index in [0.29, 0.717) is 202 Å². The summed E-state index contributed by atoms with van der Waals surface area (Å²) in [4.78, 5) is 176. The fraction of sp³-hybridized carbons (Fsp3) is 0.500. The maximum absolute atomic E-state index is 13.7. The number of aromatic nitrogens is 4. The molecule has 50 nitrogen and oxygen atoms in total. The number of aliphatic carboxylic acids is 4. The Hall–Kier alpha value is -14.0. The first kappa shape index (κ1) is 119. The van der Waals surface area contributed by atoms with Crippen LogP contribution < -0.4 is 69.8 Å². The predicted octanol–water partition coefficient (Wildman–Crippen LogP) is 5.83. The van der Waals surface area contributed by atoms with Crippen LogP contribution in [0, 0.1) is 11.8 Å². The molecule has 7 aromatic rings. The second-order valence-electron chi connectivity index (χ2n) is 32.3. The maximum atomic E-state index is 13.7. The van der Waals surface area contributed by atoms with Crippen molar-refractivity contribution in [3.05, 3.63) is 139 Å². The largest absolute Gasteiger partial charge is 0.481 e. The van der Waals surface area contributed by atoms with Gasteiger partial charge in [0.25, 0.3) is 0 Å². The third-order valence-corrected chi connectivity index (χ3v) is 20.8. The Balaban J connectivity index is 0.659. The second kappa shape index (κ2) is 71.5. The highest BCUT2D eigenvalue weighted by molar-refractivity contribution is 5.97. The summed E-state index contributed by atoms with van der Waals surface area (Å²) in [6, 6.07) is 28.8. The molecule has 0 saturated heterocycles. The molecule has 20 N–H and O–H groups in total. The minimum Gasteiger partial charge on any atom is -0.481 e. The lowest BCUT2D eigenvalue weighted by molar-refractivity contribution is -0.145. The van der Waals surface area contributed by atoms with Gasteiger partial charge in [0, 0.05) is 74.4 Å². The minimum atomic E-state index is -1.34. The number of ether oxygens (including phenoxy) is 13. The van der Waals surface area contributed by atoms with E-state index in [-0.39, 0.29) is 159 Å². The number of amides is 9. The van der Waals surface area contributed by atoms with Crippen LogP contribution in [0.3, 0.4) is 0 Å². The van der Waals surface area contributed by atoms with Gasteiger partial charge in [-0.3, -0.25) is 62.3 Å². The van der Waals surface area contributed by atoms with Crippen LogP contribution in [0.5, 0.6) is 5.88 Å². The van der Waals surface area contributed by atoms with Gasteiger partial charge in [-0.15, -0.1) is 0 Å². The molecule has 5 aromatic carbocycles. The van der Waals surface area contributed by atoms with E-state index < -0.39 is 96.5 Å². The molecule has 7 rings (SSSR count). The molecule has 146 heavy (non-hydrogen) atoms. The van der Waals surface area contributed by atoms with Crippen LogP contribution in [0.15, 0.2) is 148 Å². The van der Waals surface area contributed by atoms with Crippen molar-refractivity contribution in [2.24, 2.45) is 43.8 Å². The number of imidazole rings is 1. The van der Waals surface area contributed by atoms with E-state index >= 15 is 0 Å². The predicted molar refractivity (Wildman–Crippen MR) is 526 cm³/mol. The summed E-state index contributed by atoms with van der Waals surface area (Å²) in [5, 5.41) is 77.7. The Morgan fingerprint density at radius 2 is 0.685 bits per heavy atom. The molecule has 0 radical (unpaired) electrons. The van der Waals surface area contributed by atoms with Crippen molar-refractivity contribution >= 4 is 140 Å². The Morgan fingerprint density at radius 1 is 0.342 bits per heavy atom. The highest BCUT2D eigenvalue weighted by Gasteiger charge is 2.28. The van der Waals surface area contributed by atoms with Crippen LogP contribution in [0.25, 0.3) is 11.2 Å². The summed E-state index contributed by atoms with van der Waals surface area (Å²) in [7, 11) is 0. The highest BCUT2D eigenvalue weighted by Crippen LogP contribution is 2.27. The van der Waals surface area contributed by atoms with Crippen molar-refractivity contribution in [3.8, 4) is 5.88 Å². The van der Waals surface area contributed by atoms with E-state index in [1.165, 1.54) is 6.33 Å². The highest BCUT2D eigenvalue weighted by atomic mass is 16.6. The van der Waals surface area contributed by atoms with Gasteiger partial charge in [-0.05, 0) is 160 Å². The van der Waals surface area contributed by atoms with Crippen molar-refractivity contribution in [3.63, 3.8) is 0 Å². The SMILES string of the molecule is Nc1nc(OCc2ccc(CNC(=O)CCCC(=O)NCCOCCOCCOCCOCCOCCOCCOCCOCCOCCOCCOCCOCCC(=O)N[C@H](CCC(=O)NCC(=O)Nc3ccc(/N=N/c4ccc(NC(=O)CCC[C@@H](C[C@H](N)C(=O)O)C(=O)O)cc4)cc3)C(=O)NCC(=O)Nc3ccc(/N=N/c4ccc(NC(=O)CCC[C@@H](C[C@H](N)C(=O)O)C(=O)O)cc4)cc3)cc2)c2nc[nH]c2n1. The molecule has 2 heterocycles. The number of nitrogen functional groups attached to an aromatic ring is 1. The molecular formula is C96H132N20O30. The van der Waals surface area contributed by atoms with E-state index in [9.17, 15) is 72.5 Å². The van der Waals surface area contributed by atoms with Crippen molar-refractivity contribution in [2.75, 3.05) is 205 Å². The lowest BCUT2D eigenvalue weighted by atomic mass is 9.94. The van der Waals surface area contributed by atoms with Crippen LogP contribution in [-0.2, 0) is 132 Å². The molecule has 0 spiro atoms. The first-order valence-corrected chi connectivity index (χ1v) is 47.5. The number of aromatic amines is 1. The smallest absolute Gasteiger partial charge is 0.320 e. The Bertz CT molecular complexity index is 5170. The van der Waals surface area contributed by atoms with Gasteiger partial charge >= 0.3 is 23.9 Å². The lowest BCUT2D eigenvalue weighted by Crippen LogP contribution is -2.49. The number of hydrogen-bond donors (Lipinski definition) is 17. The van der Waals surface area contributed by atoms with E-state index in [2.05, 4.69) is 88.2 Å². The number of carboxylic acids is 4. The number of rotatable bonds is 81. The zero-order chi connectivity index (χ0) is 105. The summed E-state index contributed by atoms with van der Waals surface area (Å²) in [6.45, 7) is 7.95. The Morgan fingerprint density at radius 3 is 1.07 bits per heavy atom. The van der Waals surface area contributed by atoms with Gasteiger partial charge in [0.15, 0.2) is 11.2 Å². The molecule has 0 unspecified atom stereocenters. The van der Waals surface area contributed by atoms with Gasteiger partial charge in [0.2, 0.25) is 65.0 Å². The number of carbonyl (C=O) groups excluding carboxylic acids is 9. The number of H-pyrrole nitrogens is 1. The monoisotopic (exact) mass is 2040 g/mol. The van der Waals surface area contributed by atoms with E-state index in [4.69, 9.17) is 89.0 Å². The summed E-state index contributed by atoms with van der Waals surface area (Å²) in [5.74, 6) is -11.1. The topological polar surface area (TPSA) is 713 Å². The van der Waals surface area contributed by atoms with Gasteiger partial charge in [0.1, 0.15) is 24.7 Å².